The van der Waals surface area contributed by atoms with E-state index >= 15 is 0 Å². The molecular weight excluding hydrogens is 102 g/mol. The maximum atomic E-state index is 10.8. The van der Waals surface area contributed by atoms with E-state index in [1.807, 2.05) is 6.92 Å². The number of carbonyl (C=O) groups is 1. The number of nitrogens with two attached hydrogens (primary N) is 1. The zero-order chi connectivity index (χ0) is 6.20. The summed E-state index contributed by atoms with van der Waals surface area (Å²) in [5.41, 5.74) is 5.14. The third kappa shape index (κ3) is 0.757. The van der Waals surface area contributed by atoms with Crippen molar-refractivity contribution in [1.29, 1.82) is 0 Å². The Balaban J connectivity index is 2.46. The first-order valence-electron chi connectivity index (χ1n) is 2.92. The summed E-state index contributed by atoms with van der Waals surface area (Å²) >= 11 is 0. The van der Waals surface area contributed by atoms with Gasteiger partial charge in [-0.05, 0) is 12.8 Å². The molecule has 0 unspecified atom stereocenters. The van der Waals surface area contributed by atoms with Gasteiger partial charge in [0.2, 0.25) is 0 Å². The topological polar surface area (TPSA) is 43.1 Å². The van der Waals surface area contributed by atoms with Crippen LogP contribution in [-0.2, 0) is 4.79 Å². The number of Topliss-reactive ketones (excluding diaryl/α,β-unsaturated/α-hetero) is 1. The van der Waals surface area contributed by atoms with Gasteiger partial charge in [-0.2, -0.15) is 0 Å². The van der Waals surface area contributed by atoms with Crippen LogP contribution in [0.5, 0.6) is 0 Å². The minimum absolute atomic E-state index is 0.00521. The molecule has 1 rings (SSSR count). The van der Waals surface area contributed by atoms with Gasteiger partial charge in [0.05, 0.1) is 6.54 Å². The van der Waals surface area contributed by atoms with Crippen molar-refractivity contribution in [3.8, 4) is 0 Å². The summed E-state index contributed by atoms with van der Waals surface area (Å²) in [7, 11) is 0. The van der Waals surface area contributed by atoms with Crippen molar-refractivity contribution in [2.75, 3.05) is 6.54 Å². The van der Waals surface area contributed by atoms with Crippen molar-refractivity contribution in [2.24, 2.45) is 11.1 Å². The average molecular weight is 113 g/mol. The van der Waals surface area contributed by atoms with E-state index in [0.29, 0.717) is 0 Å². The quantitative estimate of drug-likeness (QED) is 0.560. The highest BCUT2D eigenvalue weighted by molar-refractivity contribution is 5.88. The number of hydrogen-bond acceptors (Lipinski definition) is 2. The zero-order valence-electron chi connectivity index (χ0n) is 5.11. The Bertz CT molecular complexity index is 116. The predicted octanol–water partition coefficient (Wildman–Crippen LogP) is 0.314. The minimum atomic E-state index is -0.00521. The molecule has 0 heterocycles. The fourth-order valence-electron chi connectivity index (χ4n) is 0.713. The van der Waals surface area contributed by atoms with Gasteiger partial charge in [-0.15, -0.1) is 0 Å². The normalized spacial score (nSPS) is 22.8. The molecule has 1 fully saturated rings. The van der Waals surface area contributed by atoms with E-state index in [0.717, 1.165) is 12.8 Å². The lowest BCUT2D eigenvalue weighted by atomic mass is 10.1. The Morgan fingerprint density at radius 2 is 2.25 bits per heavy atom. The van der Waals surface area contributed by atoms with Crippen LogP contribution in [0.1, 0.15) is 19.8 Å². The largest absolute Gasteiger partial charge is 0.324 e. The van der Waals surface area contributed by atoms with Crippen LogP contribution in [0.15, 0.2) is 0 Å². The third-order valence-electron chi connectivity index (χ3n) is 1.86. The highest BCUT2D eigenvalue weighted by Gasteiger charge is 2.43. The molecule has 0 aromatic carbocycles. The van der Waals surface area contributed by atoms with Crippen LogP contribution in [-0.4, -0.2) is 12.3 Å². The fourth-order valence-corrected chi connectivity index (χ4v) is 0.713. The molecule has 2 nitrogen and oxygen atoms in total. The Labute approximate surface area is 49.1 Å². The molecule has 0 amide bonds. The van der Waals surface area contributed by atoms with Crippen LogP contribution in [0.4, 0.5) is 0 Å². The Morgan fingerprint density at radius 3 is 2.38 bits per heavy atom. The van der Waals surface area contributed by atoms with Crippen molar-refractivity contribution in [3.63, 3.8) is 0 Å². The molecule has 2 N–H and O–H groups in total. The van der Waals surface area contributed by atoms with Gasteiger partial charge in [0.15, 0.2) is 5.78 Å². The first-order valence-corrected chi connectivity index (χ1v) is 2.92. The van der Waals surface area contributed by atoms with Gasteiger partial charge in [-0.3, -0.25) is 4.79 Å². The standard InChI is InChI=1S/C6H11NO/c1-6(2-3-6)5(8)4-7/h2-4,7H2,1H3. The summed E-state index contributed by atoms with van der Waals surface area (Å²) in [6.07, 6.45) is 2.09. The Hall–Kier alpha value is -0.370. The second-order valence-electron chi connectivity index (χ2n) is 2.69. The number of ketones is 1. The van der Waals surface area contributed by atoms with E-state index in [1.165, 1.54) is 0 Å². The molecule has 0 radical (unpaired) electrons. The van der Waals surface area contributed by atoms with Crippen molar-refractivity contribution >= 4 is 5.78 Å². The summed E-state index contributed by atoms with van der Waals surface area (Å²) in [4.78, 5) is 10.8. The number of hydrogen-bond donors (Lipinski definition) is 1. The molecule has 1 saturated carbocycles. The monoisotopic (exact) mass is 113 g/mol. The molecule has 46 valence electrons. The summed E-state index contributed by atoms with van der Waals surface area (Å²) in [5.74, 6) is 0.220. The van der Waals surface area contributed by atoms with Gasteiger partial charge < -0.3 is 5.73 Å². The summed E-state index contributed by atoms with van der Waals surface area (Å²) in [5, 5.41) is 0. The molecule has 0 aromatic heterocycles. The van der Waals surface area contributed by atoms with Crippen molar-refractivity contribution in [2.45, 2.75) is 19.8 Å². The highest BCUT2D eigenvalue weighted by Crippen LogP contribution is 2.45. The van der Waals surface area contributed by atoms with Gasteiger partial charge >= 0.3 is 0 Å². The maximum Gasteiger partial charge on any atom is 0.152 e. The van der Waals surface area contributed by atoms with Crippen molar-refractivity contribution in [1.82, 2.24) is 0 Å². The van der Waals surface area contributed by atoms with Crippen LogP contribution in [0.2, 0.25) is 0 Å². The molecule has 0 aliphatic heterocycles. The molecule has 0 saturated heterocycles. The molecule has 0 spiro atoms. The molecule has 2 heteroatoms. The second-order valence-corrected chi connectivity index (χ2v) is 2.69. The molecule has 1 aliphatic carbocycles. The van der Waals surface area contributed by atoms with Crippen molar-refractivity contribution in [3.05, 3.63) is 0 Å². The fraction of sp³-hybridized carbons (Fsp3) is 0.833. The third-order valence-corrected chi connectivity index (χ3v) is 1.86. The predicted molar refractivity (Wildman–Crippen MR) is 31.4 cm³/mol. The van der Waals surface area contributed by atoms with Gasteiger partial charge in [0.1, 0.15) is 0 Å². The van der Waals surface area contributed by atoms with E-state index in [1.54, 1.807) is 0 Å². The van der Waals surface area contributed by atoms with Crippen LogP contribution in [0, 0.1) is 5.41 Å². The van der Waals surface area contributed by atoms with E-state index in [-0.39, 0.29) is 17.7 Å². The van der Waals surface area contributed by atoms with Gasteiger partial charge in [-0.1, -0.05) is 6.92 Å². The van der Waals surface area contributed by atoms with Crippen LogP contribution in [0.25, 0.3) is 0 Å². The smallest absolute Gasteiger partial charge is 0.152 e. The Morgan fingerprint density at radius 1 is 1.75 bits per heavy atom. The zero-order valence-corrected chi connectivity index (χ0v) is 5.11. The molecule has 0 aromatic rings. The summed E-state index contributed by atoms with van der Waals surface area (Å²) < 4.78 is 0. The highest BCUT2D eigenvalue weighted by atomic mass is 16.1. The van der Waals surface area contributed by atoms with Crippen LogP contribution < -0.4 is 5.73 Å². The lowest BCUT2D eigenvalue weighted by Gasteiger charge is -2.00. The molecule has 0 atom stereocenters. The molecular formula is C6H11NO. The van der Waals surface area contributed by atoms with E-state index in [4.69, 9.17) is 5.73 Å². The number of carbonyl (C=O) groups excluding carboxylic acids is 1. The first-order chi connectivity index (χ1) is 3.69. The summed E-state index contributed by atoms with van der Waals surface area (Å²) in [6.45, 7) is 2.19. The van der Waals surface area contributed by atoms with Gasteiger partial charge in [0.25, 0.3) is 0 Å². The van der Waals surface area contributed by atoms with E-state index in [2.05, 4.69) is 0 Å². The molecule has 8 heavy (non-hydrogen) atoms. The summed E-state index contributed by atoms with van der Waals surface area (Å²) in [6, 6.07) is 0. The molecule has 0 bridgehead atoms. The second kappa shape index (κ2) is 1.55. The number of rotatable bonds is 2. The van der Waals surface area contributed by atoms with Crippen LogP contribution >= 0.6 is 0 Å². The van der Waals surface area contributed by atoms with Crippen molar-refractivity contribution < 1.29 is 4.79 Å². The van der Waals surface area contributed by atoms with Crippen LogP contribution in [0.3, 0.4) is 0 Å². The Kier molecular flexibility index (Phi) is 1.12. The average Bonchev–Trinajstić information content (AvgIpc) is 2.47. The first kappa shape index (κ1) is 5.76. The molecule has 1 aliphatic rings. The maximum absolute atomic E-state index is 10.8. The SMILES string of the molecule is CC1(C(=O)CN)CC1. The lowest BCUT2D eigenvalue weighted by molar-refractivity contribution is -0.122. The van der Waals surface area contributed by atoms with E-state index in [9.17, 15) is 4.79 Å². The lowest BCUT2D eigenvalue weighted by Crippen LogP contribution is -2.21. The minimum Gasteiger partial charge on any atom is -0.324 e. The van der Waals surface area contributed by atoms with Gasteiger partial charge in [0, 0.05) is 5.41 Å². The van der Waals surface area contributed by atoms with E-state index < -0.39 is 0 Å². The van der Waals surface area contributed by atoms with Gasteiger partial charge in [-0.25, -0.2) is 0 Å².